The van der Waals surface area contributed by atoms with Gasteiger partial charge in [0.25, 0.3) is 0 Å². The van der Waals surface area contributed by atoms with Crippen molar-refractivity contribution in [1.82, 2.24) is 4.90 Å². The smallest absolute Gasteiger partial charge is 0.247 e. The molecular formula is C15H17N3O2. The van der Waals surface area contributed by atoms with Gasteiger partial charge in [-0.1, -0.05) is 6.42 Å². The topological polar surface area (TPSA) is 85.0 Å². The molecule has 2 aliphatic rings. The van der Waals surface area contributed by atoms with Crippen molar-refractivity contribution in [3.05, 3.63) is 12.2 Å². The number of nitrogens with zero attached hydrogens (tertiary/aromatic N) is 3. The molecule has 1 aliphatic heterocycles. The Balaban J connectivity index is 1.96. The molecule has 1 heterocycles. The highest BCUT2D eigenvalue weighted by atomic mass is 16.2. The van der Waals surface area contributed by atoms with Crippen LogP contribution in [0.4, 0.5) is 0 Å². The molecule has 0 bridgehead atoms. The van der Waals surface area contributed by atoms with E-state index >= 15 is 0 Å². The first-order valence-corrected chi connectivity index (χ1v) is 6.99. The van der Waals surface area contributed by atoms with Crippen LogP contribution >= 0.6 is 0 Å². The number of carbonyl (C=O) groups is 2. The van der Waals surface area contributed by atoms with Crippen LogP contribution < -0.4 is 0 Å². The van der Waals surface area contributed by atoms with Gasteiger partial charge < -0.3 is 4.90 Å². The van der Waals surface area contributed by atoms with Crippen LogP contribution in [0.3, 0.4) is 0 Å². The van der Waals surface area contributed by atoms with Crippen LogP contribution in [-0.4, -0.2) is 29.2 Å². The molecule has 0 N–H and O–H groups in total. The number of likely N-dealkylation sites (tertiary alicyclic amines) is 1. The van der Waals surface area contributed by atoms with Gasteiger partial charge in [0.1, 0.15) is 6.04 Å². The molecule has 2 fully saturated rings. The van der Waals surface area contributed by atoms with Crippen molar-refractivity contribution in [2.45, 2.75) is 38.1 Å². The van der Waals surface area contributed by atoms with E-state index in [-0.39, 0.29) is 29.6 Å². The van der Waals surface area contributed by atoms with Gasteiger partial charge in [-0.05, 0) is 31.8 Å². The summed E-state index contributed by atoms with van der Waals surface area (Å²) in [5.74, 6) is -0.917. The molecule has 0 radical (unpaired) electrons. The minimum Gasteiger partial charge on any atom is -0.323 e. The molecule has 5 heteroatoms. The largest absolute Gasteiger partial charge is 0.323 e. The predicted molar refractivity (Wildman–Crippen MR) is 70.9 cm³/mol. The highest BCUT2D eigenvalue weighted by Gasteiger charge is 2.32. The number of nitriles is 2. The van der Waals surface area contributed by atoms with E-state index in [1.807, 2.05) is 0 Å². The Kier molecular flexibility index (Phi) is 4.53. The summed E-state index contributed by atoms with van der Waals surface area (Å²) in [7, 11) is 0. The molecule has 20 heavy (non-hydrogen) atoms. The fourth-order valence-corrected chi connectivity index (χ4v) is 2.99. The number of ketones is 1. The van der Waals surface area contributed by atoms with Crippen molar-refractivity contribution in [3.63, 3.8) is 0 Å². The quantitative estimate of drug-likeness (QED) is 0.729. The summed E-state index contributed by atoms with van der Waals surface area (Å²) in [6, 6.07) is 3.88. The lowest BCUT2D eigenvalue weighted by Crippen LogP contribution is -2.33. The molecule has 104 valence electrons. The predicted octanol–water partition coefficient (Wildman–Crippen LogP) is 1.57. The van der Waals surface area contributed by atoms with Gasteiger partial charge in [0.05, 0.1) is 18.1 Å². The number of carbonyl (C=O) groups excluding carboxylic acids is 2. The summed E-state index contributed by atoms with van der Waals surface area (Å²) in [6.45, 7) is 0.569. The molecule has 1 saturated heterocycles. The summed E-state index contributed by atoms with van der Waals surface area (Å²) in [5.41, 5.74) is 0. The normalized spacial score (nSPS) is 29.3. The van der Waals surface area contributed by atoms with E-state index in [0.29, 0.717) is 13.0 Å². The van der Waals surface area contributed by atoms with E-state index in [2.05, 4.69) is 12.1 Å². The number of hydrogen-bond donors (Lipinski definition) is 0. The first kappa shape index (κ1) is 14.3. The Morgan fingerprint density at radius 1 is 1.05 bits per heavy atom. The average Bonchev–Trinajstić information content (AvgIpc) is 3.11. The second kappa shape index (κ2) is 6.34. The number of rotatable bonds is 3. The number of allylic oxidation sites excluding steroid dienone is 1. The molecule has 5 nitrogen and oxygen atoms in total. The first-order valence-electron chi connectivity index (χ1n) is 6.99. The van der Waals surface area contributed by atoms with Crippen molar-refractivity contribution < 1.29 is 9.59 Å². The lowest BCUT2D eigenvalue weighted by atomic mass is 9.93. The molecule has 2 rings (SSSR count). The third-order valence-corrected chi connectivity index (χ3v) is 4.12. The highest BCUT2D eigenvalue weighted by molar-refractivity contribution is 5.99. The maximum Gasteiger partial charge on any atom is 0.247 e. The SMILES string of the molecule is N#C[C@@H]1CCCC1C(=O)/C=C/C(=O)N1CCC[C@H]1C#N. The second-order valence-corrected chi connectivity index (χ2v) is 5.33. The maximum atomic E-state index is 12.0. The highest BCUT2D eigenvalue weighted by Crippen LogP contribution is 2.32. The number of hydrogen-bond acceptors (Lipinski definition) is 4. The molecule has 1 unspecified atom stereocenters. The van der Waals surface area contributed by atoms with E-state index in [1.54, 1.807) is 0 Å². The van der Waals surface area contributed by atoms with Gasteiger partial charge in [-0.15, -0.1) is 0 Å². The van der Waals surface area contributed by atoms with Crippen molar-refractivity contribution in [3.8, 4) is 12.1 Å². The summed E-state index contributed by atoms with van der Waals surface area (Å²) < 4.78 is 0. The van der Waals surface area contributed by atoms with Crippen LogP contribution in [0.5, 0.6) is 0 Å². The zero-order chi connectivity index (χ0) is 14.5. The Labute approximate surface area is 118 Å². The van der Waals surface area contributed by atoms with Crippen LogP contribution in [0.25, 0.3) is 0 Å². The third kappa shape index (κ3) is 2.88. The monoisotopic (exact) mass is 271 g/mol. The zero-order valence-electron chi connectivity index (χ0n) is 11.3. The second-order valence-electron chi connectivity index (χ2n) is 5.33. The standard InChI is InChI=1S/C15H17N3O2/c16-9-11-3-1-5-13(11)14(19)6-7-15(20)18-8-2-4-12(18)10-17/h6-7,11-13H,1-5,8H2/b7-6+/t11-,12-,13?/m0/s1. The molecule has 1 amide bonds. The molecular weight excluding hydrogens is 254 g/mol. The summed E-state index contributed by atoms with van der Waals surface area (Å²) in [4.78, 5) is 25.5. The molecule has 3 atom stereocenters. The fourth-order valence-electron chi connectivity index (χ4n) is 2.99. The minimum atomic E-state index is -0.374. The van der Waals surface area contributed by atoms with E-state index in [4.69, 9.17) is 10.5 Å². The maximum absolute atomic E-state index is 12.0. The van der Waals surface area contributed by atoms with Gasteiger partial charge in [0.15, 0.2) is 5.78 Å². The van der Waals surface area contributed by atoms with E-state index < -0.39 is 0 Å². The third-order valence-electron chi connectivity index (χ3n) is 4.12. The molecule has 0 spiro atoms. The van der Waals surface area contributed by atoms with Crippen LogP contribution in [0.15, 0.2) is 12.2 Å². The Bertz CT molecular complexity index is 466. The summed E-state index contributed by atoms with van der Waals surface area (Å²) in [6.07, 6.45) is 6.44. The van der Waals surface area contributed by atoms with Gasteiger partial charge in [0, 0.05) is 18.5 Å². The van der Waals surface area contributed by atoms with Crippen molar-refractivity contribution >= 4 is 11.7 Å². The van der Waals surface area contributed by atoms with Gasteiger partial charge in [0.2, 0.25) is 5.91 Å². The molecule has 0 aromatic carbocycles. The van der Waals surface area contributed by atoms with Gasteiger partial charge >= 0.3 is 0 Å². The molecule has 0 aromatic heterocycles. The molecule has 1 aliphatic carbocycles. The van der Waals surface area contributed by atoms with Crippen LogP contribution in [0.2, 0.25) is 0 Å². The fraction of sp³-hybridized carbons (Fsp3) is 0.600. The van der Waals surface area contributed by atoms with Gasteiger partial charge in [-0.25, -0.2) is 0 Å². The van der Waals surface area contributed by atoms with Gasteiger partial charge in [-0.2, -0.15) is 10.5 Å². The average molecular weight is 271 g/mol. The molecule has 1 saturated carbocycles. The minimum absolute atomic E-state index is 0.143. The van der Waals surface area contributed by atoms with Crippen LogP contribution in [0, 0.1) is 34.5 Å². The Morgan fingerprint density at radius 3 is 2.55 bits per heavy atom. The lowest BCUT2D eigenvalue weighted by Gasteiger charge is -2.17. The van der Waals surface area contributed by atoms with E-state index in [0.717, 1.165) is 25.7 Å². The molecule has 0 aromatic rings. The summed E-state index contributed by atoms with van der Waals surface area (Å²) >= 11 is 0. The van der Waals surface area contributed by atoms with Crippen LogP contribution in [-0.2, 0) is 9.59 Å². The van der Waals surface area contributed by atoms with E-state index in [9.17, 15) is 9.59 Å². The zero-order valence-corrected chi connectivity index (χ0v) is 11.3. The summed E-state index contributed by atoms with van der Waals surface area (Å²) in [5, 5.41) is 17.9. The van der Waals surface area contributed by atoms with Crippen molar-refractivity contribution in [1.29, 1.82) is 10.5 Å². The van der Waals surface area contributed by atoms with Gasteiger partial charge in [-0.3, -0.25) is 9.59 Å². The Hall–Kier alpha value is -2.14. The first-order chi connectivity index (χ1) is 9.67. The lowest BCUT2D eigenvalue weighted by molar-refractivity contribution is -0.126. The van der Waals surface area contributed by atoms with Crippen molar-refractivity contribution in [2.24, 2.45) is 11.8 Å². The Morgan fingerprint density at radius 2 is 1.85 bits per heavy atom. The van der Waals surface area contributed by atoms with E-state index in [1.165, 1.54) is 17.1 Å². The van der Waals surface area contributed by atoms with Crippen molar-refractivity contribution in [2.75, 3.05) is 6.54 Å². The van der Waals surface area contributed by atoms with Crippen LogP contribution in [0.1, 0.15) is 32.1 Å². The number of amides is 1.